The molecule has 0 aromatic heterocycles. The van der Waals surface area contributed by atoms with Crippen molar-refractivity contribution in [3.8, 4) is 0 Å². The highest BCUT2D eigenvalue weighted by Gasteiger charge is 2.37. The van der Waals surface area contributed by atoms with Crippen molar-refractivity contribution in [1.82, 2.24) is 4.90 Å². The van der Waals surface area contributed by atoms with E-state index in [9.17, 15) is 13.5 Å². The lowest BCUT2D eigenvalue weighted by Crippen LogP contribution is -2.43. The maximum Gasteiger partial charge on any atom is 0.151 e. The van der Waals surface area contributed by atoms with E-state index in [1.165, 1.54) is 6.26 Å². The molecule has 1 aromatic carbocycles. The van der Waals surface area contributed by atoms with Gasteiger partial charge in [-0.2, -0.15) is 0 Å². The highest BCUT2D eigenvalue weighted by molar-refractivity contribution is 7.91. The van der Waals surface area contributed by atoms with Gasteiger partial charge in [0.2, 0.25) is 0 Å². The topological polar surface area (TPSA) is 57.6 Å². The zero-order chi connectivity index (χ0) is 15.6. The minimum atomic E-state index is -3.05. The Morgan fingerprint density at radius 2 is 2.05 bits per heavy atom. The first-order valence-corrected chi connectivity index (χ1v) is 9.45. The van der Waals surface area contributed by atoms with E-state index in [1.54, 1.807) is 12.1 Å². The second-order valence-electron chi connectivity index (χ2n) is 5.84. The third-order valence-electron chi connectivity index (χ3n) is 4.26. The largest absolute Gasteiger partial charge is 0.387 e. The van der Waals surface area contributed by atoms with Crippen LogP contribution in [-0.4, -0.2) is 49.6 Å². The van der Waals surface area contributed by atoms with E-state index < -0.39 is 15.9 Å². The molecule has 0 radical (unpaired) electrons. The van der Waals surface area contributed by atoms with Crippen LogP contribution in [0.4, 0.5) is 0 Å². The zero-order valence-corrected chi connectivity index (χ0v) is 13.9. The van der Waals surface area contributed by atoms with Crippen LogP contribution >= 0.6 is 11.6 Å². The van der Waals surface area contributed by atoms with Gasteiger partial charge in [0.1, 0.15) is 0 Å². The highest BCUT2D eigenvalue weighted by Crippen LogP contribution is 2.30. The zero-order valence-electron chi connectivity index (χ0n) is 12.4. The molecule has 0 bridgehead atoms. The van der Waals surface area contributed by atoms with Crippen molar-refractivity contribution in [2.45, 2.75) is 36.7 Å². The van der Waals surface area contributed by atoms with Crippen LogP contribution in [0.3, 0.4) is 0 Å². The van der Waals surface area contributed by atoms with E-state index in [1.807, 2.05) is 24.1 Å². The summed E-state index contributed by atoms with van der Waals surface area (Å²) in [5.41, 5.74) is 0.680. The number of halogens is 1. The van der Waals surface area contributed by atoms with Gasteiger partial charge in [-0.15, -0.1) is 0 Å². The Morgan fingerprint density at radius 3 is 2.67 bits per heavy atom. The normalized spacial score (nSPS) is 24.4. The van der Waals surface area contributed by atoms with E-state index >= 15 is 0 Å². The van der Waals surface area contributed by atoms with Gasteiger partial charge < -0.3 is 5.11 Å². The van der Waals surface area contributed by atoms with Gasteiger partial charge in [-0.25, -0.2) is 8.42 Å². The van der Waals surface area contributed by atoms with Crippen molar-refractivity contribution in [2.75, 3.05) is 19.8 Å². The fourth-order valence-corrected chi connectivity index (χ4v) is 4.93. The van der Waals surface area contributed by atoms with Crippen LogP contribution in [0.2, 0.25) is 5.02 Å². The van der Waals surface area contributed by atoms with Gasteiger partial charge in [0.25, 0.3) is 0 Å². The Labute approximate surface area is 131 Å². The lowest BCUT2D eigenvalue weighted by atomic mass is 10.1. The predicted octanol–water partition coefficient (Wildman–Crippen LogP) is 2.27. The monoisotopic (exact) mass is 331 g/mol. The fraction of sp³-hybridized carbons (Fsp3) is 0.600. The smallest absolute Gasteiger partial charge is 0.151 e. The molecule has 0 saturated heterocycles. The Kier molecular flexibility index (Phi) is 5.30. The van der Waals surface area contributed by atoms with Crippen LogP contribution in [0, 0.1) is 0 Å². The van der Waals surface area contributed by atoms with E-state index in [-0.39, 0.29) is 11.3 Å². The van der Waals surface area contributed by atoms with Crippen LogP contribution in [0.15, 0.2) is 24.3 Å². The molecule has 1 aromatic rings. The number of likely N-dealkylation sites (N-methyl/N-ethyl adjacent to an activating group) is 1. The lowest BCUT2D eigenvalue weighted by Gasteiger charge is -2.30. The molecule has 2 rings (SSSR count). The third-order valence-corrected chi connectivity index (χ3v) is 6.25. The summed E-state index contributed by atoms with van der Waals surface area (Å²) in [7, 11) is -1.19. The summed E-state index contributed by atoms with van der Waals surface area (Å²) in [6.45, 7) is 0.375. The van der Waals surface area contributed by atoms with Crippen LogP contribution in [0.1, 0.15) is 30.9 Å². The molecule has 118 valence electrons. The van der Waals surface area contributed by atoms with Gasteiger partial charge in [0.05, 0.1) is 11.4 Å². The predicted molar refractivity (Wildman–Crippen MR) is 85.3 cm³/mol. The van der Waals surface area contributed by atoms with Crippen molar-refractivity contribution in [2.24, 2.45) is 0 Å². The summed E-state index contributed by atoms with van der Waals surface area (Å²) in [4.78, 5) is 1.95. The Bertz CT molecular complexity index is 590. The van der Waals surface area contributed by atoms with Crippen molar-refractivity contribution >= 4 is 21.4 Å². The molecule has 1 N–H and O–H groups in total. The van der Waals surface area contributed by atoms with E-state index in [0.717, 1.165) is 12.8 Å². The lowest BCUT2D eigenvalue weighted by molar-refractivity contribution is 0.106. The number of hydrogen-bond acceptors (Lipinski definition) is 4. The van der Waals surface area contributed by atoms with Crippen LogP contribution in [0.5, 0.6) is 0 Å². The van der Waals surface area contributed by atoms with E-state index in [2.05, 4.69) is 0 Å². The Balaban J connectivity index is 2.07. The van der Waals surface area contributed by atoms with Crippen LogP contribution in [0.25, 0.3) is 0 Å². The highest BCUT2D eigenvalue weighted by atomic mass is 35.5. The quantitative estimate of drug-likeness (QED) is 0.899. The molecular weight excluding hydrogens is 310 g/mol. The van der Waals surface area contributed by atoms with Gasteiger partial charge in [-0.1, -0.05) is 36.2 Å². The van der Waals surface area contributed by atoms with E-state index in [4.69, 9.17) is 11.6 Å². The molecule has 0 spiro atoms. The number of aliphatic hydroxyl groups excluding tert-OH is 1. The average Bonchev–Trinajstić information content (AvgIpc) is 2.88. The van der Waals surface area contributed by atoms with Crippen molar-refractivity contribution in [3.05, 3.63) is 34.9 Å². The van der Waals surface area contributed by atoms with Crippen LogP contribution in [-0.2, 0) is 9.84 Å². The number of rotatable bonds is 5. The summed E-state index contributed by atoms with van der Waals surface area (Å²) in [6.07, 6.45) is 3.05. The molecule has 3 unspecified atom stereocenters. The average molecular weight is 332 g/mol. The SMILES string of the molecule is CN(CC(O)c1ccccc1Cl)C1CCCC1S(C)(=O)=O. The molecule has 1 saturated carbocycles. The van der Waals surface area contributed by atoms with Gasteiger partial charge in [0.15, 0.2) is 9.84 Å². The molecular formula is C15H22ClNO3S. The maximum atomic E-state index is 11.8. The molecule has 3 atom stereocenters. The number of nitrogens with zero attached hydrogens (tertiary/aromatic N) is 1. The summed E-state index contributed by atoms with van der Waals surface area (Å²) < 4.78 is 23.7. The fourth-order valence-electron chi connectivity index (χ4n) is 3.16. The molecule has 0 aliphatic heterocycles. The molecule has 21 heavy (non-hydrogen) atoms. The Hall–Kier alpha value is -0.620. The number of aliphatic hydroxyl groups is 1. The molecule has 1 aliphatic rings. The van der Waals surface area contributed by atoms with Gasteiger partial charge in [0, 0.05) is 29.4 Å². The molecule has 0 heterocycles. The Morgan fingerprint density at radius 1 is 1.38 bits per heavy atom. The first-order chi connectivity index (χ1) is 9.80. The standard InChI is InChI=1S/C15H22ClNO3S/c1-17(13-8-5-9-15(13)21(2,19)20)10-14(18)11-6-3-4-7-12(11)16/h3-4,6-7,13-15,18H,5,8-10H2,1-2H3. The first kappa shape index (κ1) is 16.7. The second kappa shape index (κ2) is 6.65. The van der Waals surface area contributed by atoms with Crippen molar-refractivity contribution in [3.63, 3.8) is 0 Å². The van der Waals surface area contributed by atoms with Gasteiger partial charge in [-0.3, -0.25) is 4.90 Å². The first-order valence-electron chi connectivity index (χ1n) is 7.12. The summed E-state index contributed by atoms with van der Waals surface area (Å²) in [5, 5.41) is 10.5. The third kappa shape index (κ3) is 3.97. The molecule has 1 aliphatic carbocycles. The van der Waals surface area contributed by atoms with E-state index in [0.29, 0.717) is 23.6 Å². The summed E-state index contributed by atoms with van der Waals surface area (Å²) in [6, 6.07) is 7.16. The number of hydrogen-bond donors (Lipinski definition) is 1. The van der Waals surface area contributed by atoms with Gasteiger partial charge >= 0.3 is 0 Å². The molecule has 6 heteroatoms. The summed E-state index contributed by atoms with van der Waals surface area (Å²) in [5.74, 6) is 0. The van der Waals surface area contributed by atoms with Crippen LogP contribution < -0.4 is 0 Å². The van der Waals surface area contributed by atoms with Crippen molar-refractivity contribution in [1.29, 1.82) is 0 Å². The second-order valence-corrected chi connectivity index (χ2v) is 8.51. The molecule has 1 fully saturated rings. The molecule has 0 amide bonds. The van der Waals surface area contributed by atoms with Crippen molar-refractivity contribution < 1.29 is 13.5 Å². The number of benzene rings is 1. The minimum Gasteiger partial charge on any atom is -0.387 e. The summed E-state index contributed by atoms with van der Waals surface area (Å²) >= 11 is 6.09. The maximum absolute atomic E-state index is 11.8. The minimum absolute atomic E-state index is 0.0304. The van der Waals surface area contributed by atoms with Gasteiger partial charge in [-0.05, 0) is 26.0 Å². The number of sulfone groups is 1. The molecule has 4 nitrogen and oxygen atoms in total.